The van der Waals surface area contributed by atoms with Crippen LogP contribution >= 0.6 is 0 Å². The Morgan fingerprint density at radius 1 is 1.50 bits per heavy atom. The molecule has 0 fully saturated rings. The van der Waals surface area contributed by atoms with Crippen molar-refractivity contribution in [3.05, 3.63) is 28.3 Å². The van der Waals surface area contributed by atoms with Gasteiger partial charge in [-0.3, -0.25) is 10.1 Å². The Bertz CT molecular complexity index is 511. The fourth-order valence-corrected chi connectivity index (χ4v) is 1.99. The normalized spacial score (nSPS) is 11.5. The number of nitro benzene ring substituents is 1. The molecule has 1 unspecified atom stereocenters. The molecule has 0 heterocycles. The Morgan fingerprint density at radius 3 is 2.70 bits per heavy atom. The van der Waals surface area contributed by atoms with E-state index in [9.17, 15) is 10.1 Å². The van der Waals surface area contributed by atoms with Crippen LogP contribution in [0, 0.1) is 27.4 Å². The molecular weight excluding hydrogens is 258 g/mol. The minimum atomic E-state index is -0.431. The Hall–Kier alpha value is -2.29. The number of nitrogens with zero attached hydrogens (tertiary/aromatic N) is 3. The quantitative estimate of drug-likeness (QED) is 0.565. The van der Waals surface area contributed by atoms with Crippen LogP contribution < -0.4 is 9.64 Å². The van der Waals surface area contributed by atoms with Gasteiger partial charge in [-0.25, -0.2) is 0 Å². The van der Waals surface area contributed by atoms with Gasteiger partial charge in [0.05, 0.1) is 23.5 Å². The molecule has 0 N–H and O–H groups in total. The summed E-state index contributed by atoms with van der Waals surface area (Å²) in [5.74, 6) is 0.0587. The van der Waals surface area contributed by atoms with Gasteiger partial charge in [-0.1, -0.05) is 6.07 Å². The van der Waals surface area contributed by atoms with E-state index in [1.54, 1.807) is 32.0 Å². The van der Waals surface area contributed by atoms with E-state index in [0.717, 1.165) is 0 Å². The van der Waals surface area contributed by atoms with E-state index in [4.69, 9.17) is 10.00 Å². The monoisotopic (exact) mass is 277 g/mol. The molecule has 20 heavy (non-hydrogen) atoms. The van der Waals surface area contributed by atoms with Crippen LogP contribution in [0.4, 0.5) is 11.4 Å². The molecule has 1 atom stereocenters. The SMILES string of the molecule is CCOc1cccc(N(CC)CC(C)C#N)c1[N+](=O)[O-]. The van der Waals surface area contributed by atoms with Crippen molar-refractivity contribution >= 4 is 11.4 Å². The third-order valence-electron chi connectivity index (χ3n) is 2.90. The average Bonchev–Trinajstić information content (AvgIpc) is 2.44. The van der Waals surface area contributed by atoms with Crippen molar-refractivity contribution in [3.8, 4) is 11.8 Å². The highest BCUT2D eigenvalue weighted by molar-refractivity contribution is 5.69. The highest BCUT2D eigenvalue weighted by atomic mass is 16.6. The molecule has 0 aliphatic rings. The summed E-state index contributed by atoms with van der Waals surface area (Å²) in [6, 6.07) is 7.15. The van der Waals surface area contributed by atoms with Gasteiger partial charge in [-0.05, 0) is 32.9 Å². The number of nitriles is 1. The predicted octanol–water partition coefficient (Wildman–Crippen LogP) is 2.98. The third kappa shape index (κ3) is 3.60. The molecule has 108 valence electrons. The fourth-order valence-electron chi connectivity index (χ4n) is 1.99. The van der Waals surface area contributed by atoms with Crippen molar-refractivity contribution in [2.24, 2.45) is 5.92 Å². The molecule has 0 radical (unpaired) electrons. The molecule has 6 heteroatoms. The van der Waals surface area contributed by atoms with Crippen LogP contribution in [0.3, 0.4) is 0 Å². The minimum Gasteiger partial charge on any atom is -0.487 e. The second-order valence-corrected chi connectivity index (χ2v) is 4.38. The van der Waals surface area contributed by atoms with Crippen molar-refractivity contribution in [3.63, 3.8) is 0 Å². The van der Waals surface area contributed by atoms with Crippen molar-refractivity contribution < 1.29 is 9.66 Å². The van der Waals surface area contributed by atoms with Crippen LogP contribution in [-0.4, -0.2) is 24.6 Å². The Kier molecular flexibility index (Phi) is 5.78. The van der Waals surface area contributed by atoms with Crippen LogP contribution in [0.2, 0.25) is 0 Å². The zero-order chi connectivity index (χ0) is 15.1. The zero-order valence-electron chi connectivity index (χ0n) is 12.0. The van der Waals surface area contributed by atoms with Crippen molar-refractivity contribution in [2.45, 2.75) is 20.8 Å². The lowest BCUT2D eigenvalue weighted by Gasteiger charge is -2.24. The van der Waals surface area contributed by atoms with E-state index in [0.29, 0.717) is 25.4 Å². The summed E-state index contributed by atoms with van der Waals surface area (Å²) in [4.78, 5) is 12.7. The van der Waals surface area contributed by atoms with Gasteiger partial charge in [0.1, 0.15) is 5.69 Å². The van der Waals surface area contributed by atoms with E-state index in [-0.39, 0.29) is 17.4 Å². The van der Waals surface area contributed by atoms with Gasteiger partial charge < -0.3 is 9.64 Å². The lowest BCUT2D eigenvalue weighted by molar-refractivity contribution is -0.385. The molecule has 0 saturated carbocycles. The molecule has 0 amide bonds. The summed E-state index contributed by atoms with van der Waals surface area (Å²) in [7, 11) is 0. The van der Waals surface area contributed by atoms with Crippen LogP contribution in [-0.2, 0) is 0 Å². The first-order valence-electron chi connectivity index (χ1n) is 6.59. The smallest absolute Gasteiger partial charge is 0.333 e. The maximum atomic E-state index is 11.3. The molecule has 1 aromatic rings. The van der Waals surface area contributed by atoms with Gasteiger partial charge in [0.2, 0.25) is 0 Å². The molecule has 0 spiro atoms. The first-order valence-corrected chi connectivity index (χ1v) is 6.59. The molecule has 0 aliphatic heterocycles. The molecule has 0 bridgehead atoms. The topological polar surface area (TPSA) is 79.4 Å². The Labute approximate surface area is 118 Å². The number of rotatable bonds is 7. The molecular formula is C14H19N3O3. The summed E-state index contributed by atoms with van der Waals surface area (Å²) in [5.41, 5.74) is 0.451. The highest BCUT2D eigenvalue weighted by Crippen LogP contribution is 2.37. The maximum absolute atomic E-state index is 11.3. The number of hydrogen-bond donors (Lipinski definition) is 0. The van der Waals surface area contributed by atoms with Gasteiger partial charge in [0.15, 0.2) is 5.75 Å². The van der Waals surface area contributed by atoms with Crippen LogP contribution in [0.5, 0.6) is 5.75 Å². The first kappa shape index (κ1) is 15.8. The van der Waals surface area contributed by atoms with Crippen LogP contribution in [0.25, 0.3) is 0 Å². The maximum Gasteiger partial charge on any atom is 0.333 e. The first-order chi connectivity index (χ1) is 9.54. The second kappa shape index (κ2) is 7.34. The number of para-hydroxylation sites is 1. The van der Waals surface area contributed by atoms with Crippen LogP contribution in [0.15, 0.2) is 18.2 Å². The summed E-state index contributed by atoms with van der Waals surface area (Å²) in [6.45, 7) is 6.88. The summed E-state index contributed by atoms with van der Waals surface area (Å²) in [6.07, 6.45) is 0. The predicted molar refractivity (Wildman–Crippen MR) is 76.9 cm³/mol. The summed E-state index contributed by atoms with van der Waals surface area (Å²) >= 11 is 0. The molecule has 0 aliphatic carbocycles. The van der Waals surface area contributed by atoms with Gasteiger partial charge in [-0.2, -0.15) is 5.26 Å². The van der Waals surface area contributed by atoms with Crippen molar-refractivity contribution in [2.75, 3.05) is 24.6 Å². The number of benzene rings is 1. The third-order valence-corrected chi connectivity index (χ3v) is 2.90. The van der Waals surface area contributed by atoms with E-state index in [1.807, 2.05) is 11.8 Å². The Balaban J connectivity index is 3.24. The lowest BCUT2D eigenvalue weighted by Crippen LogP contribution is -2.28. The van der Waals surface area contributed by atoms with E-state index >= 15 is 0 Å². The van der Waals surface area contributed by atoms with Gasteiger partial charge in [0.25, 0.3) is 0 Å². The number of nitro groups is 1. The highest BCUT2D eigenvalue weighted by Gasteiger charge is 2.25. The van der Waals surface area contributed by atoms with Gasteiger partial charge in [-0.15, -0.1) is 0 Å². The molecule has 0 aromatic heterocycles. The molecule has 0 saturated heterocycles. The Morgan fingerprint density at radius 2 is 2.20 bits per heavy atom. The van der Waals surface area contributed by atoms with Gasteiger partial charge in [0, 0.05) is 13.1 Å². The summed E-state index contributed by atoms with van der Waals surface area (Å²) < 4.78 is 5.33. The zero-order valence-corrected chi connectivity index (χ0v) is 12.0. The minimum absolute atomic E-state index is 0.0404. The number of ether oxygens (including phenoxy) is 1. The molecule has 1 rings (SSSR count). The lowest BCUT2D eigenvalue weighted by atomic mass is 10.1. The molecule has 6 nitrogen and oxygen atoms in total. The molecule has 1 aromatic carbocycles. The van der Waals surface area contributed by atoms with Crippen molar-refractivity contribution in [1.29, 1.82) is 5.26 Å². The standard InChI is InChI=1S/C14H19N3O3/c1-4-16(10-11(3)9-15)12-7-6-8-13(20-5-2)14(12)17(18)19/h6-8,11H,4-5,10H2,1-3H3. The number of hydrogen-bond acceptors (Lipinski definition) is 5. The fraction of sp³-hybridized carbons (Fsp3) is 0.500. The van der Waals surface area contributed by atoms with Gasteiger partial charge >= 0.3 is 5.69 Å². The van der Waals surface area contributed by atoms with Crippen molar-refractivity contribution in [1.82, 2.24) is 0 Å². The second-order valence-electron chi connectivity index (χ2n) is 4.38. The average molecular weight is 277 g/mol. The van der Waals surface area contributed by atoms with E-state index in [2.05, 4.69) is 6.07 Å². The van der Waals surface area contributed by atoms with E-state index < -0.39 is 4.92 Å². The van der Waals surface area contributed by atoms with Crippen LogP contribution in [0.1, 0.15) is 20.8 Å². The summed E-state index contributed by atoms with van der Waals surface area (Å²) in [5, 5.41) is 20.2. The van der Waals surface area contributed by atoms with E-state index in [1.165, 1.54) is 0 Å². The largest absolute Gasteiger partial charge is 0.487 e. The number of anilines is 1.